The minimum atomic E-state index is -3.66. The van der Waals surface area contributed by atoms with Crippen molar-refractivity contribution in [3.8, 4) is 0 Å². The number of hydrogen-bond acceptors (Lipinski definition) is 12. The van der Waals surface area contributed by atoms with E-state index in [1.165, 1.54) is 13.3 Å². The number of aryl methyl sites for hydroxylation is 1. The van der Waals surface area contributed by atoms with Crippen LogP contribution in [0, 0.1) is 6.92 Å². The Morgan fingerprint density at radius 3 is 1.60 bits per heavy atom. The van der Waals surface area contributed by atoms with Gasteiger partial charge in [-0.1, -0.05) is 18.2 Å². The average molecular weight is 644 g/mol. The van der Waals surface area contributed by atoms with Crippen LogP contribution in [0.5, 0.6) is 0 Å². The first-order valence-corrected chi connectivity index (χ1v) is 20.6. The van der Waals surface area contributed by atoms with Gasteiger partial charge in [0.1, 0.15) is 0 Å². The summed E-state index contributed by atoms with van der Waals surface area (Å²) in [5.41, 5.74) is 2.17. The number of nitrogens with zero attached hydrogens (tertiary/aromatic N) is 5. The van der Waals surface area contributed by atoms with Crippen LogP contribution in [0.1, 0.15) is 5.69 Å². The second kappa shape index (κ2) is 15.0. The van der Waals surface area contributed by atoms with Crippen LogP contribution in [0.25, 0.3) is 10.9 Å². The van der Waals surface area contributed by atoms with E-state index >= 15 is 0 Å². The molecule has 1 aliphatic rings. The molecule has 236 valence electrons. The highest BCUT2D eigenvalue weighted by Gasteiger charge is 2.21. The lowest BCUT2D eigenvalue weighted by molar-refractivity contribution is -0.177. The van der Waals surface area contributed by atoms with Gasteiger partial charge in [0.25, 0.3) is 0 Å². The molecule has 2 heterocycles. The Morgan fingerprint density at radius 2 is 1.17 bits per heavy atom. The number of pyridine rings is 1. The van der Waals surface area contributed by atoms with Gasteiger partial charge >= 0.3 is 0 Å². The smallest absolute Gasteiger partial charge is 0.238 e. The molecule has 16 heteroatoms. The van der Waals surface area contributed by atoms with E-state index < -0.39 is 22.1 Å². The fourth-order valence-corrected chi connectivity index (χ4v) is 8.08. The number of aromatic nitrogens is 1. The third kappa shape index (κ3) is 13.0. The zero-order valence-corrected chi connectivity index (χ0v) is 27.5. The summed E-state index contributed by atoms with van der Waals surface area (Å²) in [6.45, 7) is 7.93. The minimum absolute atomic E-state index is 0.0149. The van der Waals surface area contributed by atoms with E-state index in [2.05, 4.69) is 10.3 Å². The summed E-state index contributed by atoms with van der Waals surface area (Å²) in [5, 5.41) is 3.80. The fraction of sp³-hybridized carbons (Fsp3) is 0.615. The molecule has 1 aromatic heterocycles. The molecule has 0 radical (unpaired) electrons. The lowest BCUT2D eigenvalue weighted by atomic mass is 10.1. The molecular weight excluding hydrogens is 601 g/mol. The number of fused-ring (bicyclic) bond motifs is 1. The van der Waals surface area contributed by atoms with Gasteiger partial charge in [-0.15, -0.1) is 0 Å². The molecule has 1 N–H and O–H groups in total. The minimum Gasteiger partial charge on any atom is -0.799 e. The molecule has 42 heavy (non-hydrogen) atoms. The van der Waals surface area contributed by atoms with Gasteiger partial charge in [0.2, 0.25) is 5.91 Å². The van der Waals surface area contributed by atoms with E-state index in [4.69, 9.17) is 0 Å². The quantitative estimate of drug-likeness (QED) is 0.373. The number of nitrogens with one attached hydrogen (secondary N) is 1. The molecule has 3 unspecified atom stereocenters. The SMILES string of the molecule is Cc1cc(NC(=O)CN2CCN(CP(C)(=O)[O-])CCN(CP(C)(=O)[O-])CCN(CP(C)(=O)[O-])CC2)c2ccccc2n1. The first kappa shape index (κ1) is 35.0. The molecule has 1 saturated heterocycles. The van der Waals surface area contributed by atoms with Gasteiger partial charge in [-0.25, -0.2) is 0 Å². The van der Waals surface area contributed by atoms with Crippen molar-refractivity contribution in [2.75, 3.05) is 103 Å². The van der Waals surface area contributed by atoms with Gasteiger partial charge in [-0.3, -0.25) is 29.4 Å². The molecular formula is C26H42N6O7P3-3. The van der Waals surface area contributed by atoms with Crippen LogP contribution in [-0.4, -0.2) is 128 Å². The Kier molecular flexibility index (Phi) is 12.5. The number of amides is 1. The topological polar surface area (TPSA) is 175 Å². The van der Waals surface area contributed by atoms with Crippen molar-refractivity contribution in [2.24, 2.45) is 0 Å². The molecule has 1 fully saturated rings. The predicted molar refractivity (Wildman–Crippen MR) is 161 cm³/mol. The number of carbonyl (C=O) groups excluding carboxylic acids is 1. The van der Waals surface area contributed by atoms with Crippen LogP contribution in [-0.2, 0) is 18.5 Å². The summed E-state index contributed by atoms with van der Waals surface area (Å²) in [6.07, 6.45) is -0.538. The number of benzene rings is 1. The number of rotatable bonds is 9. The predicted octanol–water partition coefficient (Wildman–Crippen LogP) is 0.380. The summed E-state index contributed by atoms with van der Waals surface area (Å²) < 4.78 is 36.5. The maximum Gasteiger partial charge on any atom is 0.238 e. The van der Waals surface area contributed by atoms with Gasteiger partial charge in [-0.05, 0) is 39.1 Å². The highest BCUT2D eigenvalue weighted by atomic mass is 31.2. The van der Waals surface area contributed by atoms with Crippen LogP contribution >= 0.6 is 22.1 Å². The standard InChI is InChI=1S/C26H45N6O7P3/c1-22-17-25(23-7-5-6-8-24(23)27-22)28-26(33)18-29-9-11-30(19-40(2,34)35)13-15-32(21-42(4,38)39)16-14-31(12-10-29)20-41(3,36)37/h5-8,17H,9-16,18-21H2,1-4H3,(H,34,35)(H,36,37)(H,38,39)(H,27,28,33)/p-3. The second-order valence-electron chi connectivity index (χ2n) is 11.5. The van der Waals surface area contributed by atoms with Gasteiger partial charge < -0.3 is 33.7 Å². The summed E-state index contributed by atoms with van der Waals surface area (Å²) in [7, 11) is -11.0. The Labute approximate surface area is 248 Å². The van der Waals surface area contributed by atoms with Crippen LogP contribution < -0.4 is 20.0 Å². The molecule has 0 bridgehead atoms. The number of hydrogen-bond donors (Lipinski definition) is 1. The van der Waals surface area contributed by atoms with Crippen molar-refractivity contribution >= 4 is 44.6 Å². The normalized spacial score (nSPS) is 21.9. The molecule has 1 aromatic carbocycles. The van der Waals surface area contributed by atoms with E-state index in [1.54, 1.807) is 14.7 Å². The van der Waals surface area contributed by atoms with Crippen molar-refractivity contribution in [1.29, 1.82) is 0 Å². The molecule has 3 atom stereocenters. The largest absolute Gasteiger partial charge is 0.799 e. The van der Waals surface area contributed by atoms with Crippen molar-refractivity contribution in [3.63, 3.8) is 0 Å². The number of carbonyl (C=O) groups is 1. The molecule has 0 aliphatic carbocycles. The highest BCUT2D eigenvalue weighted by molar-refractivity contribution is 7.56. The lowest BCUT2D eigenvalue weighted by Crippen LogP contribution is -2.48. The van der Waals surface area contributed by atoms with E-state index in [0.717, 1.165) is 23.3 Å². The summed E-state index contributed by atoms with van der Waals surface area (Å²) in [4.78, 5) is 61.4. The third-order valence-corrected chi connectivity index (χ3v) is 9.53. The van der Waals surface area contributed by atoms with Crippen molar-refractivity contribution in [2.45, 2.75) is 6.92 Å². The van der Waals surface area contributed by atoms with E-state index in [1.807, 2.05) is 42.2 Å². The van der Waals surface area contributed by atoms with Crippen LogP contribution in [0.3, 0.4) is 0 Å². The lowest BCUT2D eigenvalue weighted by Gasteiger charge is -2.37. The Bertz CT molecular complexity index is 1320. The number of para-hydroxylation sites is 1. The maximum atomic E-state index is 13.3. The number of anilines is 1. The molecule has 13 nitrogen and oxygen atoms in total. The van der Waals surface area contributed by atoms with Crippen LogP contribution in [0.2, 0.25) is 0 Å². The third-order valence-electron chi connectivity index (χ3n) is 6.79. The Hall–Kier alpha value is -1.49. The zero-order valence-electron chi connectivity index (χ0n) is 24.8. The van der Waals surface area contributed by atoms with Gasteiger partial charge in [0, 0.05) is 104 Å². The van der Waals surface area contributed by atoms with Crippen molar-refractivity contribution in [1.82, 2.24) is 24.6 Å². The molecule has 0 spiro atoms. The zero-order chi connectivity index (χ0) is 31.1. The summed E-state index contributed by atoms with van der Waals surface area (Å²) >= 11 is 0. The Balaban J connectivity index is 1.80. The van der Waals surface area contributed by atoms with E-state index in [0.29, 0.717) is 58.0 Å². The fourth-order valence-electron chi connectivity index (χ4n) is 5.05. The van der Waals surface area contributed by atoms with E-state index in [9.17, 15) is 33.2 Å². The van der Waals surface area contributed by atoms with Crippen LogP contribution in [0.15, 0.2) is 30.3 Å². The molecule has 3 rings (SSSR count). The van der Waals surface area contributed by atoms with Gasteiger partial charge in [0.05, 0.1) is 17.7 Å². The summed E-state index contributed by atoms with van der Waals surface area (Å²) in [6, 6.07) is 9.32. The van der Waals surface area contributed by atoms with Crippen LogP contribution in [0.4, 0.5) is 5.69 Å². The summed E-state index contributed by atoms with van der Waals surface area (Å²) in [5.74, 6) is -0.258. The molecule has 1 aliphatic heterocycles. The molecule has 2 aromatic rings. The Morgan fingerprint density at radius 1 is 0.762 bits per heavy atom. The van der Waals surface area contributed by atoms with Crippen molar-refractivity contribution in [3.05, 3.63) is 36.0 Å². The highest BCUT2D eigenvalue weighted by Crippen LogP contribution is 2.33. The van der Waals surface area contributed by atoms with E-state index in [-0.39, 0.29) is 31.3 Å². The first-order chi connectivity index (χ1) is 19.5. The monoisotopic (exact) mass is 643 g/mol. The van der Waals surface area contributed by atoms with Gasteiger partial charge in [-0.2, -0.15) is 0 Å². The second-order valence-corrected chi connectivity index (χ2v) is 18.4. The first-order valence-electron chi connectivity index (χ1n) is 13.8. The average Bonchev–Trinajstić information content (AvgIpc) is 2.83. The van der Waals surface area contributed by atoms with Gasteiger partial charge in [0.15, 0.2) is 0 Å². The molecule has 0 saturated carbocycles. The maximum absolute atomic E-state index is 13.3. The molecule has 1 amide bonds. The van der Waals surface area contributed by atoms with Crippen molar-refractivity contribution < 1.29 is 33.2 Å².